The number of primary amides is 1. The van der Waals surface area contributed by atoms with E-state index >= 15 is 0 Å². The number of aliphatic hydroxyl groups is 4. The molecule has 3 aliphatic carbocycles. The van der Waals surface area contributed by atoms with Crippen LogP contribution in [0.5, 0.6) is 5.75 Å². The molecule has 10 heteroatoms. The number of benzene rings is 1. The van der Waals surface area contributed by atoms with Gasteiger partial charge in [-0.2, -0.15) is 0 Å². The minimum Gasteiger partial charge on any atom is -0.511 e. The van der Waals surface area contributed by atoms with E-state index in [1.807, 2.05) is 6.07 Å². The number of hydrogen-bond acceptors (Lipinski definition) is 9. The largest absolute Gasteiger partial charge is 0.511 e. The maximum atomic E-state index is 14.0. The highest BCUT2D eigenvalue weighted by molar-refractivity contribution is 6.13. The SMILES string of the molecule is CC(C)CN1CCC(c2ccc(O)c3c2CC2CC4C(C(O)=C2C3=O)C(O)(O)C(C(N)=O)=C(O)[C@H]4N(C)C)CC1. The predicted octanol–water partition coefficient (Wildman–Crippen LogP) is 1.95. The molecule has 0 bridgehead atoms. The fourth-order valence-corrected chi connectivity index (χ4v) is 7.91. The first kappa shape index (κ1) is 28.6. The van der Waals surface area contributed by atoms with Crippen LogP contribution in [0.4, 0.5) is 0 Å². The molecule has 1 aromatic rings. The minimum atomic E-state index is -2.98. The maximum absolute atomic E-state index is 14.0. The summed E-state index contributed by atoms with van der Waals surface area (Å²) in [6, 6.07) is 2.61. The molecule has 0 radical (unpaired) electrons. The molecule has 10 nitrogen and oxygen atoms in total. The number of aliphatic hydroxyl groups excluding tert-OH is 2. The van der Waals surface area contributed by atoms with E-state index in [9.17, 15) is 35.1 Å². The van der Waals surface area contributed by atoms with E-state index in [-0.39, 0.29) is 29.2 Å². The molecule has 40 heavy (non-hydrogen) atoms. The summed E-state index contributed by atoms with van der Waals surface area (Å²) in [5.74, 6) is -7.86. The van der Waals surface area contributed by atoms with Crippen molar-refractivity contribution in [3.05, 3.63) is 51.5 Å². The highest BCUT2D eigenvalue weighted by atomic mass is 16.5. The van der Waals surface area contributed by atoms with Gasteiger partial charge < -0.3 is 36.2 Å². The van der Waals surface area contributed by atoms with Gasteiger partial charge >= 0.3 is 0 Å². The van der Waals surface area contributed by atoms with E-state index in [0.29, 0.717) is 12.3 Å². The highest BCUT2D eigenvalue weighted by Gasteiger charge is 2.60. The number of allylic oxidation sites excluding steroid dienone is 1. The number of likely N-dealkylation sites (N-methyl/N-ethyl adjacent to an activating group) is 1. The van der Waals surface area contributed by atoms with Gasteiger partial charge in [0.05, 0.1) is 17.5 Å². The number of nitrogens with two attached hydrogens (primary N) is 1. The Morgan fingerprint density at radius 2 is 1.75 bits per heavy atom. The molecule has 218 valence electrons. The first-order valence-corrected chi connectivity index (χ1v) is 14.1. The molecule has 0 spiro atoms. The van der Waals surface area contributed by atoms with Gasteiger partial charge in [-0.1, -0.05) is 19.9 Å². The summed E-state index contributed by atoms with van der Waals surface area (Å²) in [4.78, 5) is 30.3. The third kappa shape index (κ3) is 4.41. The standard InChI is InChI=1S/C30H41N3O7/c1-14(2)13-33-9-7-15(8-10-33)17-5-6-20(34)22-18(17)11-16-12-19-23(27(36)21(16)26(22)35)30(39,40)24(29(31)38)28(37)25(19)32(3)4/h5-6,14-16,19,23,25,34,36-37,39-40H,7-13H2,1-4H3,(H2,31,38)/t16?,19?,23?,25-/m0/s1. The highest BCUT2D eigenvalue weighted by Crippen LogP contribution is 2.54. The van der Waals surface area contributed by atoms with E-state index in [2.05, 4.69) is 18.7 Å². The average Bonchev–Trinajstić information content (AvgIpc) is 2.83. The van der Waals surface area contributed by atoms with Crippen LogP contribution in [0.2, 0.25) is 0 Å². The molecule has 1 aromatic carbocycles. The summed E-state index contributed by atoms with van der Waals surface area (Å²) >= 11 is 0. The average molecular weight is 556 g/mol. The Balaban J connectivity index is 1.57. The molecule has 1 aliphatic heterocycles. The molecule has 0 saturated carbocycles. The van der Waals surface area contributed by atoms with Crippen LogP contribution in [-0.4, -0.2) is 92.6 Å². The third-order valence-corrected chi connectivity index (χ3v) is 9.41. The van der Waals surface area contributed by atoms with Crippen molar-refractivity contribution in [3.8, 4) is 5.75 Å². The smallest absolute Gasteiger partial charge is 0.253 e. The number of nitrogens with zero attached hydrogens (tertiary/aromatic N) is 2. The quantitative estimate of drug-likeness (QED) is 0.298. The Hall–Kier alpha value is -2.92. The van der Waals surface area contributed by atoms with Crippen molar-refractivity contribution in [2.75, 3.05) is 33.7 Å². The molecule has 1 amide bonds. The van der Waals surface area contributed by atoms with E-state index in [1.54, 1.807) is 19.0 Å². The Morgan fingerprint density at radius 3 is 2.33 bits per heavy atom. The molecule has 1 fully saturated rings. The zero-order valence-electron chi connectivity index (χ0n) is 23.6. The molecule has 1 saturated heterocycles. The number of carbonyl (C=O) groups excluding carboxylic acids is 2. The lowest BCUT2D eigenvalue weighted by Gasteiger charge is -2.51. The molecule has 7 N–H and O–H groups in total. The van der Waals surface area contributed by atoms with E-state index in [4.69, 9.17) is 5.73 Å². The Kier molecular flexibility index (Phi) is 7.27. The number of ketones is 1. The molecule has 4 aliphatic rings. The lowest BCUT2D eigenvalue weighted by atomic mass is 9.59. The number of carbonyl (C=O) groups is 2. The number of Topliss-reactive ketones (excluding diaryl/α,β-unsaturated/α-hetero) is 1. The molecule has 1 heterocycles. The van der Waals surface area contributed by atoms with Gasteiger partial charge in [0.25, 0.3) is 5.91 Å². The molecular formula is C30H41N3O7. The fourth-order valence-electron chi connectivity index (χ4n) is 7.91. The monoisotopic (exact) mass is 555 g/mol. The van der Waals surface area contributed by atoms with Crippen molar-refractivity contribution >= 4 is 11.7 Å². The van der Waals surface area contributed by atoms with Gasteiger partial charge in [-0.15, -0.1) is 0 Å². The van der Waals surface area contributed by atoms with Crippen LogP contribution < -0.4 is 5.73 Å². The number of aromatic hydroxyl groups is 1. The van der Waals surface area contributed by atoms with Crippen LogP contribution in [0.25, 0.3) is 0 Å². The number of phenolic OH excluding ortho intramolecular Hbond substituents is 1. The Labute approximate surface area is 234 Å². The molecule has 3 unspecified atom stereocenters. The first-order chi connectivity index (χ1) is 18.7. The van der Waals surface area contributed by atoms with Crippen LogP contribution in [0.3, 0.4) is 0 Å². The molecular weight excluding hydrogens is 514 g/mol. The maximum Gasteiger partial charge on any atom is 0.253 e. The number of hydrogen-bond donors (Lipinski definition) is 6. The van der Waals surface area contributed by atoms with Crippen molar-refractivity contribution < 1.29 is 35.1 Å². The third-order valence-electron chi connectivity index (χ3n) is 9.41. The van der Waals surface area contributed by atoms with E-state index < -0.39 is 58.4 Å². The van der Waals surface area contributed by atoms with E-state index in [1.165, 1.54) is 6.07 Å². The summed E-state index contributed by atoms with van der Waals surface area (Å²) in [6.45, 7) is 7.37. The topological polar surface area (TPSA) is 168 Å². The predicted molar refractivity (Wildman–Crippen MR) is 148 cm³/mol. The van der Waals surface area contributed by atoms with Crippen molar-refractivity contribution in [2.24, 2.45) is 29.4 Å². The first-order valence-electron chi connectivity index (χ1n) is 14.1. The lowest BCUT2D eigenvalue weighted by Crippen LogP contribution is -2.60. The van der Waals surface area contributed by atoms with Crippen LogP contribution in [0.15, 0.2) is 34.8 Å². The number of phenols is 1. The van der Waals surface area contributed by atoms with Gasteiger partial charge in [0.15, 0.2) is 5.78 Å². The second-order valence-corrected chi connectivity index (χ2v) is 12.7. The second kappa shape index (κ2) is 10.2. The number of fused-ring (bicyclic) bond motifs is 3. The summed E-state index contributed by atoms with van der Waals surface area (Å²) in [6.07, 6.45) is 2.52. The number of piperidine rings is 1. The summed E-state index contributed by atoms with van der Waals surface area (Å²) < 4.78 is 0. The molecule has 5 rings (SSSR count). The van der Waals surface area contributed by atoms with Gasteiger partial charge in [0.1, 0.15) is 22.8 Å². The van der Waals surface area contributed by atoms with Crippen molar-refractivity contribution in [1.82, 2.24) is 9.80 Å². The van der Waals surface area contributed by atoms with Gasteiger partial charge in [-0.25, -0.2) is 0 Å². The summed E-state index contributed by atoms with van der Waals surface area (Å²) in [5.41, 5.74) is 6.61. The van der Waals surface area contributed by atoms with E-state index in [0.717, 1.165) is 43.6 Å². The van der Waals surface area contributed by atoms with Crippen LogP contribution in [0, 0.1) is 23.7 Å². The van der Waals surface area contributed by atoms with Gasteiger partial charge in [-0.05, 0) is 93.7 Å². The van der Waals surface area contributed by atoms with Crippen molar-refractivity contribution in [3.63, 3.8) is 0 Å². The molecule has 4 atom stereocenters. The minimum absolute atomic E-state index is 0.0168. The number of rotatable bonds is 5. The number of amides is 1. The van der Waals surface area contributed by atoms with Gasteiger partial charge in [0, 0.05) is 12.1 Å². The normalized spacial score (nSPS) is 29.1. The second-order valence-electron chi connectivity index (χ2n) is 12.7. The van der Waals surface area contributed by atoms with Crippen molar-refractivity contribution in [1.29, 1.82) is 0 Å². The lowest BCUT2D eigenvalue weighted by molar-refractivity contribution is -0.200. The van der Waals surface area contributed by atoms with Gasteiger partial charge in [0.2, 0.25) is 5.79 Å². The van der Waals surface area contributed by atoms with Crippen LogP contribution in [-0.2, 0) is 11.2 Å². The zero-order chi connectivity index (χ0) is 29.3. The van der Waals surface area contributed by atoms with Crippen molar-refractivity contribution in [2.45, 2.75) is 57.3 Å². The molecule has 0 aromatic heterocycles. The fraction of sp³-hybridized carbons (Fsp3) is 0.600. The van der Waals surface area contributed by atoms with Crippen LogP contribution >= 0.6 is 0 Å². The number of likely N-dealkylation sites (tertiary alicyclic amines) is 1. The van der Waals surface area contributed by atoms with Crippen LogP contribution in [0.1, 0.15) is 60.5 Å². The Morgan fingerprint density at radius 1 is 1.10 bits per heavy atom. The van der Waals surface area contributed by atoms with Gasteiger partial charge in [-0.3, -0.25) is 14.5 Å². The Bertz CT molecular complexity index is 1290. The summed E-state index contributed by atoms with van der Waals surface area (Å²) in [7, 11) is 3.36. The zero-order valence-corrected chi connectivity index (χ0v) is 23.6. The summed E-state index contributed by atoms with van der Waals surface area (Å²) in [5, 5.41) is 55.5.